The predicted octanol–water partition coefficient (Wildman–Crippen LogP) is 2.54. The van der Waals surface area contributed by atoms with Crippen molar-refractivity contribution in [1.82, 2.24) is 29.7 Å². The van der Waals surface area contributed by atoms with Gasteiger partial charge >= 0.3 is 12.2 Å². The highest BCUT2D eigenvalue weighted by Gasteiger charge is 2.48. The number of ether oxygens (including phenoxy) is 1. The van der Waals surface area contributed by atoms with Crippen molar-refractivity contribution >= 4 is 22.8 Å². The van der Waals surface area contributed by atoms with E-state index in [9.17, 15) is 22.0 Å². The molecule has 2 fully saturated rings. The Kier molecular flexibility index (Phi) is 5.16. The zero-order valence-electron chi connectivity index (χ0n) is 17.2. The molecule has 2 aliphatic heterocycles. The normalized spacial score (nSPS) is 17.9. The minimum atomic E-state index is -4.46. The van der Waals surface area contributed by atoms with Gasteiger partial charge in [0.25, 0.3) is 6.43 Å². The zero-order valence-corrected chi connectivity index (χ0v) is 17.2. The first-order chi connectivity index (χ1) is 15.7. The second-order valence-corrected chi connectivity index (χ2v) is 8.28. The molecule has 0 radical (unpaired) electrons. The summed E-state index contributed by atoms with van der Waals surface area (Å²) >= 11 is 0. The van der Waals surface area contributed by atoms with Gasteiger partial charge in [-0.3, -0.25) is 0 Å². The van der Waals surface area contributed by atoms with E-state index in [2.05, 4.69) is 34.7 Å². The van der Waals surface area contributed by atoms with Crippen LogP contribution >= 0.6 is 0 Å². The van der Waals surface area contributed by atoms with Crippen LogP contribution in [0.1, 0.15) is 6.42 Å². The molecule has 0 aromatic carbocycles. The van der Waals surface area contributed by atoms with Gasteiger partial charge in [-0.05, 0) is 12.5 Å². The SMILES string of the molecule is FC(F)Cn1ncc2ncc(N3CCC4(CN(c5ccnc(OCC(F)(F)F)n5)C4)C3)nc21. The van der Waals surface area contributed by atoms with Crippen LogP contribution in [-0.2, 0) is 6.54 Å². The first-order valence-electron chi connectivity index (χ1n) is 10.2. The Morgan fingerprint density at radius 1 is 1.03 bits per heavy atom. The van der Waals surface area contributed by atoms with Crippen LogP contribution in [0.4, 0.5) is 33.6 Å². The van der Waals surface area contributed by atoms with Gasteiger partial charge in [0.1, 0.15) is 23.7 Å². The predicted molar refractivity (Wildman–Crippen MR) is 106 cm³/mol. The molecule has 0 atom stereocenters. The number of hydrogen-bond acceptors (Lipinski definition) is 8. The summed E-state index contributed by atoms with van der Waals surface area (Å²) in [5, 5.41) is 3.94. The molecule has 3 aromatic heterocycles. The molecule has 0 saturated carbocycles. The van der Waals surface area contributed by atoms with Gasteiger partial charge in [0.2, 0.25) is 0 Å². The number of alkyl halides is 5. The molecule has 5 rings (SSSR count). The summed E-state index contributed by atoms with van der Waals surface area (Å²) in [5.41, 5.74) is 0.740. The third-order valence-electron chi connectivity index (χ3n) is 5.77. The topological polar surface area (TPSA) is 85.1 Å². The minimum absolute atomic E-state index is 0.0300. The third kappa shape index (κ3) is 4.46. The summed E-state index contributed by atoms with van der Waals surface area (Å²) in [6, 6.07) is 1.31. The lowest BCUT2D eigenvalue weighted by Gasteiger charge is -2.48. The van der Waals surface area contributed by atoms with Gasteiger partial charge in [0, 0.05) is 37.8 Å². The lowest BCUT2D eigenvalue weighted by molar-refractivity contribution is -0.154. The number of rotatable bonds is 6. The van der Waals surface area contributed by atoms with Crippen molar-refractivity contribution in [3.8, 4) is 6.01 Å². The van der Waals surface area contributed by atoms with E-state index in [1.165, 1.54) is 12.4 Å². The summed E-state index contributed by atoms with van der Waals surface area (Å²) in [6.07, 6.45) is -1.74. The van der Waals surface area contributed by atoms with Crippen LogP contribution in [0.5, 0.6) is 6.01 Å². The number of halogens is 5. The highest BCUT2D eigenvalue weighted by atomic mass is 19.4. The summed E-state index contributed by atoms with van der Waals surface area (Å²) < 4.78 is 68.4. The fourth-order valence-corrected chi connectivity index (χ4v) is 4.29. The molecule has 0 N–H and O–H groups in total. The van der Waals surface area contributed by atoms with Gasteiger partial charge in [-0.25, -0.2) is 28.4 Å². The van der Waals surface area contributed by atoms with E-state index >= 15 is 0 Å². The maximum Gasteiger partial charge on any atom is 0.422 e. The van der Waals surface area contributed by atoms with Gasteiger partial charge in [-0.1, -0.05) is 0 Å². The van der Waals surface area contributed by atoms with Gasteiger partial charge in [-0.15, -0.1) is 0 Å². The first-order valence-corrected chi connectivity index (χ1v) is 10.2. The van der Waals surface area contributed by atoms with Crippen LogP contribution in [0, 0.1) is 5.41 Å². The molecular formula is C19H19F5N8O. The van der Waals surface area contributed by atoms with Crippen molar-refractivity contribution in [3.63, 3.8) is 0 Å². The van der Waals surface area contributed by atoms with Crippen molar-refractivity contribution in [2.45, 2.75) is 25.6 Å². The number of anilines is 2. The summed E-state index contributed by atoms with van der Waals surface area (Å²) in [5.74, 6) is 1.10. The Morgan fingerprint density at radius 2 is 1.82 bits per heavy atom. The van der Waals surface area contributed by atoms with Crippen molar-refractivity contribution < 1.29 is 26.7 Å². The van der Waals surface area contributed by atoms with Crippen LogP contribution in [0.15, 0.2) is 24.7 Å². The van der Waals surface area contributed by atoms with Gasteiger partial charge < -0.3 is 14.5 Å². The quantitative estimate of drug-likeness (QED) is 0.509. The van der Waals surface area contributed by atoms with Crippen LogP contribution in [0.2, 0.25) is 0 Å². The molecule has 0 bridgehead atoms. The Morgan fingerprint density at radius 3 is 2.58 bits per heavy atom. The van der Waals surface area contributed by atoms with Crippen LogP contribution < -0.4 is 14.5 Å². The molecule has 33 heavy (non-hydrogen) atoms. The van der Waals surface area contributed by atoms with Crippen molar-refractivity contribution in [2.24, 2.45) is 5.41 Å². The molecule has 2 aliphatic rings. The largest absolute Gasteiger partial charge is 0.454 e. The second kappa shape index (κ2) is 7.92. The monoisotopic (exact) mass is 470 g/mol. The van der Waals surface area contributed by atoms with E-state index in [1.807, 2.05) is 4.90 Å². The highest BCUT2D eigenvalue weighted by Crippen LogP contribution is 2.42. The molecule has 0 aliphatic carbocycles. The fraction of sp³-hybridized carbons (Fsp3) is 0.526. The van der Waals surface area contributed by atoms with Gasteiger partial charge in [-0.2, -0.15) is 23.3 Å². The standard InChI is InChI=1S/C19H19F5N8O/c20-13(21)7-32-16-12(5-27-32)26-6-15(28-16)30-4-2-18(8-30)9-31(10-18)14-1-3-25-17(29-14)33-11-19(22,23)24/h1,3,5-6,13H,2,4,7-11H2. The van der Waals surface area contributed by atoms with E-state index in [0.717, 1.165) is 17.6 Å². The average Bonchev–Trinajstić information content (AvgIpc) is 3.35. The molecule has 14 heteroatoms. The molecule has 3 aromatic rings. The maximum absolute atomic E-state index is 12.8. The number of hydrogen-bond donors (Lipinski definition) is 0. The first kappa shape index (κ1) is 21.5. The second-order valence-electron chi connectivity index (χ2n) is 8.28. The Hall–Kier alpha value is -3.32. The molecule has 176 valence electrons. The van der Waals surface area contributed by atoms with Gasteiger partial charge in [0.15, 0.2) is 12.3 Å². The van der Waals surface area contributed by atoms with Crippen molar-refractivity contribution in [2.75, 3.05) is 42.6 Å². The third-order valence-corrected chi connectivity index (χ3v) is 5.77. The molecule has 0 amide bonds. The smallest absolute Gasteiger partial charge is 0.422 e. The lowest BCUT2D eigenvalue weighted by Crippen LogP contribution is -2.58. The highest BCUT2D eigenvalue weighted by molar-refractivity contribution is 5.71. The minimum Gasteiger partial charge on any atom is -0.454 e. The molecule has 0 unspecified atom stereocenters. The van der Waals surface area contributed by atoms with Gasteiger partial charge in [0.05, 0.1) is 12.4 Å². The van der Waals surface area contributed by atoms with Crippen LogP contribution in [-0.4, -0.2) is 75.1 Å². The number of nitrogens with zero attached hydrogens (tertiary/aromatic N) is 8. The zero-order chi connectivity index (χ0) is 23.2. The summed E-state index contributed by atoms with van der Waals surface area (Å²) in [6.45, 7) is 0.747. The summed E-state index contributed by atoms with van der Waals surface area (Å²) in [7, 11) is 0. The van der Waals surface area contributed by atoms with Crippen LogP contribution in [0.3, 0.4) is 0 Å². The van der Waals surface area contributed by atoms with E-state index in [-0.39, 0.29) is 11.4 Å². The Bertz CT molecular complexity index is 1150. The molecule has 1 spiro atoms. The lowest BCUT2D eigenvalue weighted by atomic mass is 9.79. The molecule has 5 heterocycles. The van der Waals surface area contributed by atoms with Crippen molar-refractivity contribution in [3.05, 3.63) is 24.7 Å². The maximum atomic E-state index is 12.8. The van der Waals surface area contributed by atoms with Crippen molar-refractivity contribution in [1.29, 1.82) is 0 Å². The Balaban J connectivity index is 1.24. The van der Waals surface area contributed by atoms with E-state index in [0.29, 0.717) is 42.4 Å². The van der Waals surface area contributed by atoms with Crippen LogP contribution in [0.25, 0.3) is 11.2 Å². The van der Waals surface area contributed by atoms with E-state index in [1.54, 1.807) is 12.3 Å². The molecular weight excluding hydrogens is 451 g/mol. The number of aromatic nitrogens is 6. The Labute approximate surface area is 184 Å². The van der Waals surface area contributed by atoms with E-state index in [4.69, 9.17) is 0 Å². The molecule has 2 saturated heterocycles. The average molecular weight is 470 g/mol. The summed E-state index contributed by atoms with van der Waals surface area (Å²) in [4.78, 5) is 20.6. The van der Waals surface area contributed by atoms with E-state index < -0.39 is 25.8 Å². The fourth-order valence-electron chi connectivity index (χ4n) is 4.29. The number of fused-ring (bicyclic) bond motifs is 1. The molecule has 9 nitrogen and oxygen atoms in total.